The maximum Gasteiger partial charge on any atom is 0.387 e. The number of rotatable bonds is 6. The molecule has 10 heteroatoms. The Kier molecular flexibility index (Phi) is 7.10. The third-order valence-electron chi connectivity index (χ3n) is 5.92. The molecule has 1 saturated heterocycles. The predicted octanol–water partition coefficient (Wildman–Crippen LogP) is 5.86. The highest BCUT2D eigenvalue weighted by Gasteiger charge is 2.40. The van der Waals surface area contributed by atoms with Gasteiger partial charge in [0.15, 0.2) is 0 Å². The SMILES string of the molecule is CC(C)(C)n1ccc(C2C[C@@H](C(=O)Nc3ccc(OC(F)F)cc3)N[C@H]2c2ccc(Cl)c(F)c2)n1. The first-order chi connectivity index (χ1) is 16.5. The van der Waals surface area contributed by atoms with Gasteiger partial charge in [0.2, 0.25) is 5.91 Å². The maximum absolute atomic E-state index is 14.3. The molecule has 1 fully saturated rings. The van der Waals surface area contributed by atoms with Crippen LogP contribution < -0.4 is 15.4 Å². The highest BCUT2D eigenvalue weighted by molar-refractivity contribution is 6.30. The van der Waals surface area contributed by atoms with Crippen LogP contribution in [0.1, 0.15) is 50.4 Å². The maximum atomic E-state index is 14.3. The third kappa shape index (κ3) is 5.79. The van der Waals surface area contributed by atoms with Crippen LogP contribution in [0.15, 0.2) is 54.7 Å². The molecule has 3 aromatic rings. The van der Waals surface area contributed by atoms with Gasteiger partial charge < -0.3 is 10.1 Å². The van der Waals surface area contributed by atoms with E-state index in [1.807, 2.05) is 37.7 Å². The molecule has 1 amide bonds. The van der Waals surface area contributed by atoms with Crippen LogP contribution in [0.4, 0.5) is 18.9 Å². The number of amides is 1. The molecule has 0 radical (unpaired) electrons. The Morgan fingerprint density at radius 1 is 1.20 bits per heavy atom. The van der Waals surface area contributed by atoms with E-state index >= 15 is 0 Å². The monoisotopic (exact) mass is 506 g/mol. The highest BCUT2D eigenvalue weighted by Crippen LogP contribution is 2.41. The molecule has 35 heavy (non-hydrogen) atoms. The minimum absolute atomic E-state index is 0.00341. The van der Waals surface area contributed by atoms with Gasteiger partial charge in [-0.1, -0.05) is 17.7 Å². The average Bonchev–Trinajstić information content (AvgIpc) is 3.44. The number of halogens is 4. The number of hydrogen-bond donors (Lipinski definition) is 2. The van der Waals surface area contributed by atoms with Crippen LogP contribution in [0.3, 0.4) is 0 Å². The summed E-state index contributed by atoms with van der Waals surface area (Å²) in [5, 5.41) is 10.9. The van der Waals surface area contributed by atoms with E-state index in [0.29, 0.717) is 17.7 Å². The number of carbonyl (C=O) groups excluding carboxylic acids is 1. The number of benzene rings is 2. The van der Waals surface area contributed by atoms with E-state index in [-0.39, 0.29) is 34.2 Å². The number of anilines is 1. The summed E-state index contributed by atoms with van der Waals surface area (Å²) in [7, 11) is 0. The zero-order chi connectivity index (χ0) is 25.3. The van der Waals surface area contributed by atoms with E-state index in [9.17, 15) is 18.0 Å². The van der Waals surface area contributed by atoms with Gasteiger partial charge in [-0.05, 0) is 75.2 Å². The second-order valence-electron chi connectivity index (χ2n) is 9.46. The topological polar surface area (TPSA) is 68.2 Å². The first-order valence-electron chi connectivity index (χ1n) is 11.1. The number of alkyl halides is 2. The molecule has 1 aliphatic rings. The van der Waals surface area contributed by atoms with Gasteiger partial charge in [0.05, 0.1) is 22.3 Å². The molecule has 1 aromatic heterocycles. The highest BCUT2D eigenvalue weighted by atomic mass is 35.5. The lowest BCUT2D eigenvalue weighted by Crippen LogP contribution is -2.36. The first-order valence-corrected chi connectivity index (χ1v) is 11.5. The van der Waals surface area contributed by atoms with E-state index in [1.54, 1.807) is 6.07 Å². The second kappa shape index (κ2) is 9.91. The Morgan fingerprint density at radius 2 is 1.91 bits per heavy atom. The van der Waals surface area contributed by atoms with Crippen molar-refractivity contribution in [1.29, 1.82) is 0 Å². The predicted molar refractivity (Wildman–Crippen MR) is 127 cm³/mol. The minimum atomic E-state index is -2.92. The summed E-state index contributed by atoms with van der Waals surface area (Å²) >= 11 is 5.88. The summed E-state index contributed by atoms with van der Waals surface area (Å²) < 4.78 is 45.2. The van der Waals surface area contributed by atoms with Crippen LogP contribution in [-0.4, -0.2) is 28.3 Å². The first kappa shape index (κ1) is 25.1. The smallest absolute Gasteiger partial charge is 0.387 e. The Morgan fingerprint density at radius 3 is 2.51 bits per heavy atom. The summed E-state index contributed by atoms with van der Waals surface area (Å²) in [6, 6.07) is 11.2. The second-order valence-corrected chi connectivity index (χ2v) is 9.87. The van der Waals surface area contributed by atoms with Crippen molar-refractivity contribution in [2.24, 2.45) is 0 Å². The van der Waals surface area contributed by atoms with Crippen LogP contribution >= 0.6 is 11.6 Å². The molecule has 0 spiro atoms. The van der Waals surface area contributed by atoms with E-state index < -0.39 is 18.5 Å². The summed E-state index contributed by atoms with van der Waals surface area (Å²) in [6.45, 7) is 3.19. The van der Waals surface area contributed by atoms with Crippen molar-refractivity contribution < 1.29 is 22.7 Å². The molecule has 186 valence electrons. The Hall–Kier alpha value is -3.04. The number of nitrogens with one attached hydrogen (secondary N) is 2. The van der Waals surface area contributed by atoms with Crippen LogP contribution in [0.5, 0.6) is 5.75 Å². The molecular weight excluding hydrogens is 481 g/mol. The van der Waals surface area contributed by atoms with Crippen molar-refractivity contribution in [3.05, 3.63) is 76.8 Å². The molecule has 0 saturated carbocycles. The van der Waals surface area contributed by atoms with Crippen LogP contribution in [-0.2, 0) is 10.3 Å². The third-order valence-corrected chi connectivity index (χ3v) is 6.22. The molecular formula is C25H26ClF3N4O2. The van der Waals surface area contributed by atoms with Gasteiger partial charge in [-0.2, -0.15) is 13.9 Å². The molecule has 4 rings (SSSR count). The number of nitrogens with zero attached hydrogens (tertiary/aromatic N) is 2. The fourth-order valence-electron chi connectivity index (χ4n) is 4.16. The summed E-state index contributed by atoms with van der Waals surface area (Å²) in [6.07, 6.45) is 2.32. The fourth-order valence-corrected chi connectivity index (χ4v) is 4.28. The molecule has 6 nitrogen and oxygen atoms in total. The lowest BCUT2D eigenvalue weighted by atomic mass is 9.90. The van der Waals surface area contributed by atoms with E-state index in [0.717, 1.165) is 5.69 Å². The molecule has 0 aliphatic carbocycles. The molecule has 2 N–H and O–H groups in total. The standard InChI is InChI=1S/C25H26ClF3N4O2/c1-25(2,3)33-11-10-20(32-33)17-13-21(31-22(17)14-4-9-18(26)19(27)12-14)23(34)30-15-5-7-16(8-6-15)35-24(28)29/h4-12,17,21-22,24,31H,13H2,1-3H3,(H,30,34)/t17?,21-,22-/m0/s1. The molecule has 1 unspecified atom stereocenters. The lowest BCUT2D eigenvalue weighted by molar-refractivity contribution is -0.117. The van der Waals surface area contributed by atoms with Crippen LogP contribution in [0.25, 0.3) is 0 Å². The van der Waals surface area contributed by atoms with Crippen LogP contribution in [0.2, 0.25) is 5.02 Å². The average molecular weight is 507 g/mol. The Labute approximate surface area is 206 Å². The number of carbonyl (C=O) groups is 1. The largest absolute Gasteiger partial charge is 0.435 e. The van der Waals surface area contributed by atoms with Gasteiger partial charge in [0, 0.05) is 23.8 Å². The quantitative estimate of drug-likeness (QED) is 0.439. The van der Waals surface area contributed by atoms with Crippen LogP contribution in [0, 0.1) is 5.82 Å². The van der Waals surface area contributed by atoms with Gasteiger partial charge in [-0.3, -0.25) is 14.8 Å². The van der Waals surface area contributed by atoms with Crippen molar-refractivity contribution in [2.45, 2.75) is 57.3 Å². The lowest BCUT2D eigenvalue weighted by Gasteiger charge is -2.21. The van der Waals surface area contributed by atoms with Gasteiger partial charge in [-0.25, -0.2) is 4.39 Å². The fraction of sp³-hybridized carbons (Fsp3) is 0.360. The molecule has 2 aromatic carbocycles. The molecule has 0 bridgehead atoms. The van der Waals surface area contributed by atoms with Gasteiger partial charge >= 0.3 is 6.61 Å². The zero-order valence-corrected chi connectivity index (χ0v) is 20.2. The van der Waals surface area contributed by atoms with Crippen molar-refractivity contribution in [3.63, 3.8) is 0 Å². The molecule has 2 heterocycles. The van der Waals surface area contributed by atoms with E-state index in [4.69, 9.17) is 16.7 Å². The summed E-state index contributed by atoms with van der Waals surface area (Å²) in [4.78, 5) is 13.1. The van der Waals surface area contributed by atoms with Crippen molar-refractivity contribution in [1.82, 2.24) is 15.1 Å². The van der Waals surface area contributed by atoms with Crippen molar-refractivity contribution in [2.75, 3.05) is 5.32 Å². The number of ether oxygens (including phenoxy) is 1. The molecule has 1 aliphatic heterocycles. The van der Waals surface area contributed by atoms with E-state index in [2.05, 4.69) is 15.4 Å². The minimum Gasteiger partial charge on any atom is -0.435 e. The van der Waals surface area contributed by atoms with Crippen molar-refractivity contribution >= 4 is 23.2 Å². The molecule has 3 atom stereocenters. The van der Waals surface area contributed by atoms with Gasteiger partial charge in [0.25, 0.3) is 0 Å². The Balaban J connectivity index is 1.56. The van der Waals surface area contributed by atoms with Gasteiger partial charge in [0.1, 0.15) is 11.6 Å². The number of hydrogen-bond acceptors (Lipinski definition) is 4. The van der Waals surface area contributed by atoms with Gasteiger partial charge in [-0.15, -0.1) is 0 Å². The summed E-state index contributed by atoms with van der Waals surface area (Å²) in [5.41, 5.74) is 1.67. The summed E-state index contributed by atoms with van der Waals surface area (Å²) in [5.74, 6) is -1.04. The number of aromatic nitrogens is 2. The zero-order valence-electron chi connectivity index (χ0n) is 19.4. The van der Waals surface area contributed by atoms with E-state index in [1.165, 1.54) is 36.4 Å². The Bertz CT molecular complexity index is 1190. The normalized spacial score (nSPS) is 20.3. The van der Waals surface area contributed by atoms with Crippen molar-refractivity contribution in [3.8, 4) is 5.75 Å².